The van der Waals surface area contributed by atoms with Crippen molar-refractivity contribution >= 4 is 16.0 Å². The van der Waals surface area contributed by atoms with Gasteiger partial charge in [-0.1, -0.05) is 6.92 Å². The molecule has 0 radical (unpaired) electrons. The molecule has 1 saturated heterocycles. The molecule has 2 unspecified atom stereocenters. The first-order valence-corrected chi connectivity index (χ1v) is 7.62. The number of hydrogen-bond donors (Lipinski definition) is 1. The van der Waals surface area contributed by atoms with Gasteiger partial charge in [-0.2, -0.15) is 4.31 Å². The Labute approximate surface area is 117 Å². The van der Waals surface area contributed by atoms with Crippen LogP contribution in [0.2, 0.25) is 0 Å². The molecule has 2 atom stereocenters. The third kappa shape index (κ3) is 2.56. The molecule has 9 heteroatoms. The zero-order chi connectivity index (χ0) is 14.9. The second-order valence-corrected chi connectivity index (χ2v) is 6.47. The van der Waals surface area contributed by atoms with Crippen molar-refractivity contribution in [1.82, 2.24) is 13.9 Å². The van der Waals surface area contributed by atoms with E-state index in [2.05, 4.69) is 4.98 Å². The number of aryl methyl sites for hydroxylation is 1. The van der Waals surface area contributed by atoms with Crippen LogP contribution in [0.5, 0.6) is 0 Å². The highest BCUT2D eigenvalue weighted by atomic mass is 32.2. The van der Waals surface area contributed by atoms with Gasteiger partial charge in [-0.05, 0) is 0 Å². The van der Waals surface area contributed by atoms with E-state index in [1.54, 1.807) is 14.0 Å². The summed E-state index contributed by atoms with van der Waals surface area (Å²) in [5.41, 5.74) is 0. The molecule has 2 rings (SSSR count). The number of sulfonamides is 1. The van der Waals surface area contributed by atoms with E-state index in [9.17, 15) is 13.2 Å². The van der Waals surface area contributed by atoms with Crippen LogP contribution in [0.25, 0.3) is 0 Å². The largest absolute Gasteiger partial charge is 0.481 e. The molecule has 0 aromatic carbocycles. The van der Waals surface area contributed by atoms with E-state index in [0.29, 0.717) is 0 Å². The normalized spacial score (nSPS) is 23.4. The van der Waals surface area contributed by atoms with Gasteiger partial charge in [0.05, 0.1) is 31.5 Å². The van der Waals surface area contributed by atoms with Crippen molar-refractivity contribution in [3.05, 3.63) is 12.5 Å². The summed E-state index contributed by atoms with van der Waals surface area (Å²) in [5.74, 6) is -1.91. The Hall–Kier alpha value is -1.45. The number of rotatable bonds is 5. The summed E-state index contributed by atoms with van der Waals surface area (Å²) in [6, 6.07) is -0.704. The molecule has 1 N–H and O–H groups in total. The van der Waals surface area contributed by atoms with E-state index >= 15 is 0 Å². The Kier molecular flexibility index (Phi) is 4.11. The van der Waals surface area contributed by atoms with Gasteiger partial charge in [-0.25, -0.2) is 13.4 Å². The molecule has 20 heavy (non-hydrogen) atoms. The molecule has 1 fully saturated rings. The van der Waals surface area contributed by atoms with Crippen LogP contribution in [-0.2, 0) is 26.6 Å². The number of aromatic nitrogens is 2. The lowest BCUT2D eigenvalue weighted by Gasteiger charge is -2.27. The predicted molar refractivity (Wildman–Crippen MR) is 68.5 cm³/mol. The maximum atomic E-state index is 12.5. The van der Waals surface area contributed by atoms with Gasteiger partial charge in [0.15, 0.2) is 5.03 Å². The summed E-state index contributed by atoms with van der Waals surface area (Å²) in [6.45, 7) is 1.93. The molecule has 1 aromatic heterocycles. The van der Waals surface area contributed by atoms with Crippen molar-refractivity contribution in [3.63, 3.8) is 0 Å². The number of ether oxygens (including phenoxy) is 1. The fraction of sp³-hybridized carbons (Fsp3) is 0.636. The molecule has 0 spiro atoms. The molecule has 112 valence electrons. The minimum Gasteiger partial charge on any atom is -0.481 e. The predicted octanol–water partition coefficient (Wildman–Crippen LogP) is -0.470. The lowest BCUT2D eigenvalue weighted by molar-refractivity contribution is -0.142. The second-order valence-electron chi connectivity index (χ2n) is 4.64. The van der Waals surface area contributed by atoms with Crippen LogP contribution in [0.3, 0.4) is 0 Å². The minimum absolute atomic E-state index is 0.0221. The van der Waals surface area contributed by atoms with E-state index in [4.69, 9.17) is 9.84 Å². The molecule has 1 aliphatic heterocycles. The van der Waals surface area contributed by atoms with Gasteiger partial charge in [0.1, 0.15) is 0 Å². The van der Waals surface area contributed by atoms with Gasteiger partial charge < -0.3 is 14.4 Å². The Morgan fingerprint density at radius 3 is 2.80 bits per heavy atom. The van der Waals surface area contributed by atoms with Gasteiger partial charge in [0, 0.05) is 19.8 Å². The lowest BCUT2D eigenvalue weighted by Crippen LogP contribution is -2.46. The number of carbonyl (C=O) groups is 1. The van der Waals surface area contributed by atoms with Crippen LogP contribution >= 0.6 is 0 Å². The van der Waals surface area contributed by atoms with Crippen molar-refractivity contribution in [2.75, 3.05) is 19.8 Å². The SMILES string of the molecule is CCN(C1COCC1C(=O)O)S(=O)(=O)c1cn(C)cn1. The van der Waals surface area contributed by atoms with Gasteiger partial charge in [0.25, 0.3) is 10.0 Å². The zero-order valence-electron chi connectivity index (χ0n) is 11.3. The molecule has 8 nitrogen and oxygen atoms in total. The number of nitrogens with zero attached hydrogens (tertiary/aromatic N) is 3. The monoisotopic (exact) mass is 303 g/mol. The van der Waals surface area contributed by atoms with Crippen LogP contribution in [0.15, 0.2) is 17.6 Å². The summed E-state index contributed by atoms with van der Waals surface area (Å²) < 4.78 is 32.9. The number of aliphatic carboxylic acids is 1. The Morgan fingerprint density at radius 2 is 2.30 bits per heavy atom. The van der Waals surface area contributed by atoms with Gasteiger partial charge in [0.2, 0.25) is 0 Å². The molecule has 1 aromatic rings. The molecule has 0 aliphatic carbocycles. The van der Waals surface area contributed by atoms with Crippen molar-refractivity contribution in [1.29, 1.82) is 0 Å². The van der Waals surface area contributed by atoms with Crippen molar-refractivity contribution in [2.24, 2.45) is 13.0 Å². The van der Waals surface area contributed by atoms with E-state index in [0.717, 1.165) is 4.31 Å². The summed E-state index contributed by atoms with van der Waals surface area (Å²) in [4.78, 5) is 15.0. The second kappa shape index (κ2) is 5.51. The van der Waals surface area contributed by atoms with Crippen LogP contribution < -0.4 is 0 Å². The van der Waals surface area contributed by atoms with Crippen molar-refractivity contribution < 1.29 is 23.1 Å². The summed E-state index contributed by atoms with van der Waals surface area (Å²) in [5, 5.41) is 9.06. The fourth-order valence-corrected chi connectivity index (χ4v) is 3.91. The van der Waals surface area contributed by atoms with Crippen LogP contribution in [-0.4, -0.2) is 59.2 Å². The number of likely N-dealkylation sites (N-methyl/N-ethyl adjacent to an activating group) is 1. The van der Waals surface area contributed by atoms with Gasteiger partial charge >= 0.3 is 5.97 Å². The lowest BCUT2D eigenvalue weighted by atomic mass is 10.0. The van der Waals surface area contributed by atoms with E-state index in [1.165, 1.54) is 17.1 Å². The third-order valence-corrected chi connectivity index (χ3v) is 5.19. The molecule has 2 heterocycles. The third-order valence-electron chi connectivity index (χ3n) is 3.30. The smallest absolute Gasteiger partial charge is 0.310 e. The molecule has 0 bridgehead atoms. The first-order valence-electron chi connectivity index (χ1n) is 6.18. The summed E-state index contributed by atoms with van der Waals surface area (Å²) in [6.07, 6.45) is 2.78. The Balaban J connectivity index is 2.34. The van der Waals surface area contributed by atoms with Crippen LogP contribution in [0.1, 0.15) is 6.92 Å². The van der Waals surface area contributed by atoms with Crippen LogP contribution in [0.4, 0.5) is 0 Å². The van der Waals surface area contributed by atoms with E-state index in [1.807, 2.05) is 0 Å². The fourth-order valence-electron chi connectivity index (χ4n) is 2.29. The highest BCUT2D eigenvalue weighted by Crippen LogP contribution is 2.25. The number of carboxylic acid groups (broad SMARTS) is 1. The van der Waals surface area contributed by atoms with Gasteiger partial charge in [-0.3, -0.25) is 4.79 Å². The Bertz CT molecular complexity index is 597. The Morgan fingerprint density at radius 1 is 1.60 bits per heavy atom. The van der Waals surface area contributed by atoms with E-state index in [-0.39, 0.29) is 24.8 Å². The first-order chi connectivity index (χ1) is 9.37. The number of hydrogen-bond acceptors (Lipinski definition) is 5. The summed E-state index contributed by atoms with van der Waals surface area (Å²) in [7, 11) is -2.15. The molecule has 0 amide bonds. The van der Waals surface area contributed by atoms with Crippen LogP contribution in [0, 0.1) is 5.92 Å². The maximum absolute atomic E-state index is 12.5. The summed E-state index contributed by atoms with van der Waals surface area (Å²) >= 11 is 0. The average Bonchev–Trinajstić information content (AvgIpc) is 2.98. The molecule has 0 saturated carbocycles. The zero-order valence-corrected chi connectivity index (χ0v) is 12.1. The van der Waals surface area contributed by atoms with Crippen molar-refractivity contribution in [3.8, 4) is 0 Å². The average molecular weight is 303 g/mol. The maximum Gasteiger partial charge on any atom is 0.310 e. The standard InChI is InChI=1S/C11H17N3O5S/c1-3-14(9-6-19-5-8(9)11(15)16)20(17,18)10-4-13(2)7-12-10/h4,7-9H,3,5-6H2,1-2H3,(H,15,16). The number of imidazole rings is 1. The molecule has 1 aliphatic rings. The van der Waals surface area contributed by atoms with E-state index < -0.39 is 28.0 Å². The minimum atomic E-state index is -3.82. The molecular weight excluding hydrogens is 286 g/mol. The quantitative estimate of drug-likeness (QED) is 0.789. The van der Waals surface area contributed by atoms with Crippen molar-refractivity contribution in [2.45, 2.75) is 18.0 Å². The topological polar surface area (TPSA) is 102 Å². The first kappa shape index (κ1) is 14.9. The highest BCUT2D eigenvalue weighted by Gasteiger charge is 2.43. The highest BCUT2D eigenvalue weighted by molar-refractivity contribution is 7.89. The number of carboxylic acids is 1. The van der Waals surface area contributed by atoms with Gasteiger partial charge in [-0.15, -0.1) is 0 Å². The molecular formula is C11H17N3O5S.